The Morgan fingerprint density at radius 2 is 1.97 bits per heavy atom. The molecule has 1 spiro atoms. The van der Waals surface area contributed by atoms with E-state index in [2.05, 4.69) is 35.7 Å². The van der Waals surface area contributed by atoms with Crippen molar-refractivity contribution in [2.45, 2.75) is 32.6 Å². The van der Waals surface area contributed by atoms with Gasteiger partial charge in [-0.3, -0.25) is 4.99 Å². The number of hydrogen-bond donors (Lipinski definition) is 1. The van der Waals surface area contributed by atoms with Crippen molar-refractivity contribution >= 4 is 6.21 Å². The zero-order chi connectivity index (χ0) is 23.2. The maximum Gasteiger partial charge on any atom is 0.220 e. The van der Waals surface area contributed by atoms with Gasteiger partial charge in [-0.05, 0) is 35.2 Å². The van der Waals surface area contributed by atoms with E-state index >= 15 is 0 Å². The van der Waals surface area contributed by atoms with Crippen molar-refractivity contribution in [1.29, 1.82) is 0 Å². The van der Waals surface area contributed by atoms with Crippen molar-refractivity contribution in [3.8, 4) is 28.5 Å². The second kappa shape index (κ2) is 7.90. The Morgan fingerprint density at radius 1 is 1.15 bits per heavy atom. The third-order valence-corrected chi connectivity index (χ3v) is 5.46. The third-order valence-electron chi connectivity index (χ3n) is 5.46. The molecule has 2 N–H and O–H groups in total. The number of rotatable bonds is 3. The standard InChI is InChI=1S/C25H25FN4O3/c1-24(2,3)14-31-22-10-18-20(11-30-22)32-19-7-6-15(16-5-4-8-29-23(16)26)9-17(19)25(18)13-28-12-21(27)33-25/h4-11,13,21H,12,14,27H2,1-3H3/t21?,25-/m0/s1. The van der Waals surface area contributed by atoms with Crippen molar-refractivity contribution in [2.75, 3.05) is 13.2 Å². The number of fused-ring (bicyclic) bond motifs is 4. The van der Waals surface area contributed by atoms with Crippen LogP contribution in [0.1, 0.15) is 31.9 Å². The summed E-state index contributed by atoms with van der Waals surface area (Å²) in [5.74, 6) is 0.967. The summed E-state index contributed by atoms with van der Waals surface area (Å²) in [7, 11) is 0. The van der Waals surface area contributed by atoms with E-state index in [1.54, 1.807) is 42.7 Å². The van der Waals surface area contributed by atoms with E-state index < -0.39 is 17.8 Å². The summed E-state index contributed by atoms with van der Waals surface area (Å²) < 4.78 is 32.9. The number of pyridine rings is 2. The lowest BCUT2D eigenvalue weighted by molar-refractivity contribution is -0.0315. The maximum atomic E-state index is 14.4. The molecule has 0 aliphatic carbocycles. The summed E-state index contributed by atoms with van der Waals surface area (Å²) in [6.45, 7) is 7.08. The van der Waals surface area contributed by atoms with Crippen LogP contribution < -0.4 is 15.2 Å². The normalized spacial score (nSPS) is 21.3. The lowest BCUT2D eigenvalue weighted by Crippen LogP contribution is -2.46. The summed E-state index contributed by atoms with van der Waals surface area (Å²) in [6.07, 6.45) is 4.14. The summed E-state index contributed by atoms with van der Waals surface area (Å²) in [5.41, 5.74) is 7.39. The molecule has 5 rings (SSSR count). The van der Waals surface area contributed by atoms with Gasteiger partial charge in [-0.1, -0.05) is 26.8 Å². The van der Waals surface area contributed by atoms with Crippen molar-refractivity contribution in [3.05, 3.63) is 65.9 Å². The fraction of sp³-hybridized carbons (Fsp3) is 0.320. The highest BCUT2D eigenvalue weighted by Crippen LogP contribution is 2.50. The van der Waals surface area contributed by atoms with Gasteiger partial charge in [0.05, 0.1) is 19.3 Å². The quantitative estimate of drug-likeness (QED) is 0.596. The first kappa shape index (κ1) is 21.5. The smallest absolute Gasteiger partial charge is 0.220 e. The molecule has 2 aliphatic heterocycles. The minimum absolute atomic E-state index is 0.0355. The molecule has 170 valence electrons. The average Bonchev–Trinajstić information content (AvgIpc) is 2.78. The van der Waals surface area contributed by atoms with Gasteiger partial charge in [0, 0.05) is 35.2 Å². The van der Waals surface area contributed by atoms with Crippen molar-refractivity contribution in [2.24, 2.45) is 16.1 Å². The number of nitrogens with zero attached hydrogens (tertiary/aromatic N) is 3. The molecule has 0 saturated heterocycles. The lowest BCUT2D eigenvalue weighted by Gasteiger charge is -2.40. The minimum Gasteiger partial charge on any atom is -0.477 e. The highest BCUT2D eigenvalue weighted by atomic mass is 19.1. The predicted octanol–water partition coefficient (Wildman–Crippen LogP) is 4.44. The molecule has 4 heterocycles. The van der Waals surface area contributed by atoms with E-state index in [4.69, 9.17) is 19.9 Å². The van der Waals surface area contributed by atoms with Crippen LogP contribution in [0.2, 0.25) is 0 Å². The van der Waals surface area contributed by atoms with Crippen LogP contribution in [0.3, 0.4) is 0 Å². The molecule has 2 atom stereocenters. The fourth-order valence-corrected chi connectivity index (χ4v) is 3.96. The third kappa shape index (κ3) is 3.96. The molecular formula is C25H25FN4O3. The highest BCUT2D eigenvalue weighted by Gasteiger charge is 2.46. The van der Waals surface area contributed by atoms with Gasteiger partial charge in [-0.25, -0.2) is 9.97 Å². The average molecular weight is 448 g/mol. The SMILES string of the molecule is CC(C)(C)COc1cc2c(cn1)Oc1ccc(-c3cccnc3F)cc1[C@@]21C=NCC(N)O1. The van der Waals surface area contributed by atoms with Gasteiger partial charge in [-0.15, -0.1) is 0 Å². The Hall–Kier alpha value is -3.36. The minimum atomic E-state index is -1.13. The number of nitrogens with two attached hydrogens (primary N) is 1. The monoisotopic (exact) mass is 448 g/mol. The molecule has 0 radical (unpaired) electrons. The summed E-state index contributed by atoms with van der Waals surface area (Å²) >= 11 is 0. The first-order chi connectivity index (χ1) is 15.7. The molecule has 3 aromatic rings. The Morgan fingerprint density at radius 3 is 2.73 bits per heavy atom. The molecule has 0 bridgehead atoms. The molecule has 0 saturated carbocycles. The number of aliphatic imine (C=N–C) groups is 1. The van der Waals surface area contributed by atoms with E-state index in [1.165, 1.54) is 6.20 Å². The number of benzene rings is 1. The second-order valence-corrected chi connectivity index (χ2v) is 9.41. The van der Waals surface area contributed by atoms with Crippen molar-refractivity contribution < 1.29 is 18.6 Å². The highest BCUT2D eigenvalue weighted by molar-refractivity contribution is 5.83. The Kier molecular flexibility index (Phi) is 5.14. The van der Waals surface area contributed by atoms with Gasteiger partial charge >= 0.3 is 0 Å². The van der Waals surface area contributed by atoms with Crippen LogP contribution in [0, 0.1) is 11.4 Å². The van der Waals surface area contributed by atoms with Crippen LogP contribution in [0.4, 0.5) is 4.39 Å². The van der Waals surface area contributed by atoms with Gasteiger partial charge in [0.1, 0.15) is 12.0 Å². The molecule has 2 aromatic heterocycles. The van der Waals surface area contributed by atoms with Crippen LogP contribution in [0.5, 0.6) is 17.4 Å². The number of ether oxygens (including phenoxy) is 3. The largest absolute Gasteiger partial charge is 0.477 e. The maximum absolute atomic E-state index is 14.4. The summed E-state index contributed by atoms with van der Waals surface area (Å²) in [6, 6.07) is 10.6. The molecule has 1 aromatic carbocycles. The summed E-state index contributed by atoms with van der Waals surface area (Å²) in [5, 5.41) is 0. The summed E-state index contributed by atoms with van der Waals surface area (Å²) in [4.78, 5) is 12.7. The van der Waals surface area contributed by atoms with Crippen LogP contribution in [0.15, 0.2) is 53.8 Å². The topological polar surface area (TPSA) is 91.9 Å². The van der Waals surface area contributed by atoms with Crippen LogP contribution >= 0.6 is 0 Å². The molecule has 7 nitrogen and oxygen atoms in total. The Labute approximate surface area is 191 Å². The first-order valence-corrected chi connectivity index (χ1v) is 10.8. The Balaban J connectivity index is 1.65. The fourth-order valence-electron chi connectivity index (χ4n) is 3.96. The molecule has 0 fully saturated rings. The van der Waals surface area contributed by atoms with Gasteiger partial charge < -0.3 is 19.9 Å². The Bertz CT molecular complexity index is 1240. The van der Waals surface area contributed by atoms with E-state index in [0.29, 0.717) is 52.8 Å². The zero-order valence-corrected chi connectivity index (χ0v) is 18.7. The lowest BCUT2D eigenvalue weighted by atomic mass is 9.82. The van der Waals surface area contributed by atoms with E-state index in [1.807, 2.05) is 6.07 Å². The van der Waals surface area contributed by atoms with Crippen LogP contribution in [-0.4, -0.2) is 35.6 Å². The number of aromatic nitrogens is 2. The van der Waals surface area contributed by atoms with Crippen molar-refractivity contribution in [1.82, 2.24) is 9.97 Å². The van der Waals surface area contributed by atoms with Crippen molar-refractivity contribution in [3.63, 3.8) is 0 Å². The van der Waals surface area contributed by atoms with Gasteiger partial charge in [0.25, 0.3) is 0 Å². The number of hydrogen-bond acceptors (Lipinski definition) is 7. The molecule has 0 amide bonds. The van der Waals surface area contributed by atoms with E-state index in [0.717, 1.165) is 0 Å². The molecule has 2 aliphatic rings. The zero-order valence-electron chi connectivity index (χ0n) is 18.7. The molecule has 33 heavy (non-hydrogen) atoms. The molecule has 1 unspecified atom stereocenters. The van der Waals surface area contributed by atoms with Gasteiger partial charge in [-0.2, -0.15) is 4.39 Å². The molecule has 8 heteroatoms. The second-order valence-electron chi connectivity index (χ2n) is 9.41. The van der Waals surface area contributed by atoms with Crippen LogP contribution in [-0.2, 0) is 10.3 Å². The van der Waals surface area contributed by atoms with E-state index in [-0.39, 0.29) is 5.41 Å². The van der Waals surface area contributed by atoms with Crippen LogP contribution in [0.25, 0.3) is 11.1 Å². The first-order valence-electron chi connectivity index (χ1n) is 10.8. The van der Waals surface area contributed by atoms with E-state index in [9.17, 15) is 4.39 Å². The number of halogens is 1. The van der Waals surface area contributed by atoms with Gasteiger partial charge in [0.2, 0.25) is 11.8 Å². The predicted molar refractivity (Wildman–Crippen MR) is 122 cm³/mol. The van der Waals surface area contributed by atoms with Gasteiger partial charge in [0.15, 0.2) is 11.4 Å². The molecular weight excluding hydrogens is 423 g/mol.